The molecule has 11 heteroatoms. The average molecular weight is 566 g/mol. The van der Waals surface area contributed by atoms with E-state index in [0.29, 0.717) is 28.0 Å². The van der Waals surface area contributed by atoms with Gasteiger partial charge in [-0.2, -0.15) is 0 Å². The highest BCUT2D eigenvalue weighted by atomic mass is 35.5. The topological polar surface area (TPSA) is 93.6 Å². The highest BCUT2D eigenvalue weighted by Gasteiger charge is 2.26. The highest BCUT2D eigenvalue weighted by molar-refractivity contribution is 7.91. The van der Waals surface area contributed by atoms with E-state index in [1.807, 2.05) is 36.4 Å². The lowest BCUT2D eigenvalue weighted by atomic mass is 9.78. The molecule has 8 nitrogen and oxygen atoms in total. The Balaban J connectivity index is 1.44. The van der Waals surface area contributed by atoms with Crippen LogP contribution in [0.5, 0.6) is 5.75 Å². The Morgan fingerprint density at radius 3 is 2.32 bits per heavy atom. The van der Waals surface area contributed by atoms with Gasteiger partial charge in [-0.25, -0.2) is 18.4 Å². The van der Waals surface area contributed by atoms with E-state index < -0.39 is 10.0 Å². The monoisotopic (exact) mass is 564 g/mol. The third kappa shape index (κ3) is 7.33. The maximum Gasteiger partial charge on any atom is 0.236 e. The van der Waals surface area contributed by atoms with Crippen molar-refractivity contribution in [3.63, 3.8) is 0 Å². The third-order valence-electron chi connectivity index (χ3n) is 6.30. The second kappa shape index (κ2) is 11.5. The summed E-state index contributed by atoms with van der Waals surface area (Å²) in [7, 11) is -3.46. The van der Waals surface area contributed by atoms with Crippen LogP contribution in [0, 0.1) is 0 Å². The summed E-state index contributed by atoms with van der Waals surface area (Å²) >= 11 is 13.4. The summed E-state index contributed by atoms with van der Waals surface area (Å²) < 4.78 is 36.3. The number of nitrogens with zero attached hydrogens (tertiary/aromatic N) is 3. The van der Waals surface area contributed by atoms with Crippen molar-refractivity contribution in [1.82, 2.24) is 14.9 Å². The van der Waals surface area contributed by atoms with Gasteiger partial charge in [-0.3, -0.25) is 9.62 Å². The highest BCUT2D eigenvalue weighted by Crippen LogP contribution is 2.38. The minimum atomic E-state index is -3.46. The van der Waals surface area contributed by atoms with Gasteiger partial charge in [0.2, 0.25) is 16.0 Å². The number of morpholine rings is 1. The Morgan fingerprint density at radius 2 is 1.70 bits per heavy atom. The quantitative estimate of drug-likeness (QED) is 0.395. The molecule has 2 heterocycles. The van der Waals surface area contributed by atoms with Crippen LogP contribution in [-0.4, -0.2) is 55.8 Å². The lowest BCUT2D eigenvalue weighted by Gasteiger charge is -2.29. The number of benzene rings is 2. The van der Waals surface area contributed by atoms with Crippen LogP contribution in [0.15, 0.2) is 48.7 Å². The first-order valence-corrected chi connectivity index (χ1v) is 14.5. The van der Waals surface area contributed by atoms with Gasteiger partial charge in [-0.15, -0.1) is 0 Å². The van der Waals surface area contributed by atoms with Crippen LogP contribution in [0.1, 0.15) is 36.2 Å². The van der Waals surface area contributed by atoms with Gasteiger partial charge in [0.1, 0.15) is 12.4 Å². The molecule has 1 saturated heterocycles. The third-order valence-corrected chi connectivity index (χ3v) is 7.53. The molecule has 1 aliphatic heterocycles. The Hall–Kier alpha value is -2.43. The molecular formula is C26H30Cl2N4O4S. The van der Waals surface area contributed by atoms with Gasteiger partial charge in [-0.1, -0.05) is 49.2 Å². The molecule has 0 bridgehead atoms. The molecule has 0 unspecified atom stereocenters. The van der Waals surface area contributed by atoms with Crippen molar-refractivity contribution in [3.8, 4) is 5.75 Å². The number of nitrogens with one attached hydrogen (secondary N) is 1. The van der Waals surface area contributed by atoms with Crippen LogP contribution in [-0.2, 0) is 33.3 Å². The molecule has 198 valence electrons. The van der Waals surface area contributed by atoms with Gasteiger partial charge < -0.3 is 9.47 Å². The molecule has 0 amide bonds. The number of hydrogen-bond donors (Lipinski definition) is 1. The summed E-state index contributed by atoms with van der Waals surface area (Å²) in [5, 5.41) is 1.33. The fourth-order valence-corrected chi connectivity index (χ4v) is 5.12. The first-order chi connectivity index (χ1) is 17.5. The number of sulfonamides is 1. The van der Waals surface area contributed by atoms with Crippen LogP contribution in [0.3, 0.4) is 0 Å². The number of ether oxygens (including phenoxy) is 2. The number of rotatable bonds is 9. The Bertz CT molecular complexity index is 1320. The molecule has 1 aliphatic rings. The molecule has 1 N–H and O–H groups in total. The van der Waals surface area contributed by atoms with Crippen molar-refractivity contribution in [3.05, 3.63) is 81.1 Å². The van der Waals surface area contributed by atoms with Crippen LogP contribution >= 0.6 is 23.2 Å². The average Bonchev–Trinajstić information content (AvgIpc) is 2.85. The van der Waals surface area contributed by atoms with E-state index in [-0.39, 0.29) is 18.0 Å². The molecule has 0 aliphatic carbocycles. The molecule has 2 aromatic carbocycles. The van der Waals surface area contributed by atoms with Gasteiger partial charge in [0.05, 0.1) is 25.2 Å². The van der Waals surface area contributed by atoms with Crippen molar-refractivity contribution in [2.24, 2.45) is 0 Å². The van der Waals surface area contributed by atoms with E-state index in [1.165, 1.54) is 6.20 Å². The van der Waals surface area contributed by atoms with Crippen LogP contribution in [0.4, 0.5) is 5.95 Å². The summed E-state index contributed by atoms with van der Waals surface area (Å²) in [5.41, 5.74) is 3.24. The van der Waals surface area contributed by atoms with Crippen LogP contribution < -0.4 is 9.46 Å². The number of anilines is 1. The first-order valence-electron chi connectivity index (χ1n) is 11.8. The second-order valence-electron chi connectivity index (χ2n) is 9.49. The molecule has 0 atom stereocenters. The molecule has 1 fully saturated rings. The van der Waals surface area contributed by atoms with Crippen molar-refractivity contribution in [2.45, 2.75) is 32.4 Å². The zero-order valence-corrected chi connectivity index (χ0v) is 23.3. The Kier molecular flexibility index (Phi) is 8.60. The minimum absolute atomic E-state index is 0.00832. The minimum Gasteiger partial charge on any atom is -0.487 e. The van der Waals surface area contributed by atoms with Gasteiger partial charge in [-0.05, 0) is 41.5 Å². The predicted molar refractivity (Wildman–Crippen MR) is 146 cm³/mol. The zero-order valence-electron chi connectivity index (χ0n) is 21.0. The second-order valence-corrected chi connectivity index (χ2v) is 12.1. The van der Waals surface area contributed by atoms with Gasteiger partial charge in [0.15, 0.2) is 0 Å². The Labute approximate surface area is 228 Å². The zero-order chi connectivity index (χ0) is 26.6. The van der Waals surface area contributed by atoms with Crippen molar-refractivity contribution in [1.29, 1.82) is 0 Å². The van der Waals surface area contributed by atoms with E-state index in [2.05, 4.69) is 33.4 Å². The van der Waals surface area contributed by atoms with Gasteiger partial charge in [0.25, 0.3) is 0 Å². The molecule has 0 saturated carbocycles. The van der Waals surface area contributed by atoms with E-state index >= 15 is 0 Å². The molecule has 37 heavy (non-hydrogen) atoms. The summed E-state index contributed by atoms with van der Waals surface area (Å²) in [6, 6.07) is 13.5. The summed E-state index contributed by atoms with van der Waals surface area (Å²) in [6.07, 6.45) is 2.53. The molecule has 4 rings (SSSR count). The fraction of sp³-hybridized carbons (Fsp3) is 0.385. The van der Waals surface area contributed by atoms with Crippen molar-refractivity contribution >= 4 is 39.2 Å². The summed E-state index contributed by atoms with van der Waals surface area (Å²) in [6.45, 7) is 8.30. The Morgan fingerprint density at radius 1 is 1.05 bits per heavy atom. The summed E-state index contributed by atoms with van der Waals surface area (Å²) in [4.78, 5) is 10.4. The molecular weight excluding hydrogens is 535 g/mol. The maximum absolute atomic E-state index is 11.4. The van der Waals surface area contributed by atoms with E-state index in [9.17, 15) is 8.42 Å². The molecule has 0 spiro atoms. The van der Waals surface area contributed by atoms with Crippen molar-refractivity contribution in [2.75, 3.05) is 37.3 Å². The molecule has 1 aromatic heterocycles. The van der Waals surface area contributed by atoms with Gasteiger partial charge >= 0.3 is 0 Å². The largest absolute Gasteiger partial charge is 0.487 e. The summed E-state index contributed by atoms with van der Waals surface area (Å²) in [5.74, 6) is 0.668. The van der Waals surface area contributed by atoms with E-state index in [1.54, 1.807) is 6.07 Å². The smallest absolute Gasteiger partial charge is 0.236 e. The lowest BCUT2D eigenvalue weighted by molar-refractivity contribution is 0.0342. The fourth-order valence-electron chi connectivity index (χ4n) is 4.08. The lowest BCUT2D eigenvalue weighted by Crippen LogP contribution is -2.35. The standard InChI is InChI=1S/C26H30Cl2N4O4S/c1-26(2,19-14-23(27)22(24(28)15-19)16-32-10-12-35-13-11-32)18-4-6-21(7-5-18)36-17-20-8-9-29-25(30-20)31-37(3,33)34/h4-9,14-15H,10-13,16-17H2,1-3H3,(H,29,30,31). The maximum atomic E-state index is 11.4. The molecule has 3 aromatic rings. The van der Waals surface area contributed by atoms with Crippen molar-refractivity contribution < 1.29 is 17.9 Å². The normalized spacial score (nSPS) is 14.9. The van der Waals surface area contributed by atoms with Crippen LogP contribution in [0.2, 0.25) is 10.0 Å². The first kappa shape index (κ1) is 27.6. The van der Waals surface area contributed by atoms with Crippen LogP contribution in [0.25, 0.3) is 0 Å². The number of aromatic nitrogens is 2. The predicted octanol–water partition coefficient (Wildman–Crippen LogP) is 4.89. The SMILES string of the molecule is CC(C)(c1ccc(OCc2ccnc(NS(C)(=O)=O)n2)cc1)c1cc(Cl)c(CN2CCOCC2)c(Cl)c1. The van der Waals surface area contributed by atoms with E-state index in [4.69, 9.17) is 32.7 Å². The number of hydrogen-bond acceptors (Lipinski definition) is 7. The van der Waals surface area contributed by atoms with E-state index in [0.717, 1.165) is 49.2 Å². The van der Waals surface area contributed by atoms with Gasteiger partial charge in [0, 0.05) is 46.9 Å². The molecule has 0 radical (unpaired) electrons. The number of halogens is 2.